The van der Waals surface area contributed by atoms with Gasteiger partial charge in [0.15, 0.2) is 0 Å². The van der Waals surface area contributed by atoms with E-state index in [1.54, 1.807) is 7.05 Å². The summed E-state index contributed by atoms with van der Waals surface area (Å²) in [6.45, 7) is 6.08. The van der Waals surface area contributed by atoms with Crippen LogP contribution < -0.4 is 10.1 Å². The molecule has 1 heterocycles. The second kappa shape index (κ2) is 5.11. The average molecular weight is 231 g/mol. The van der Waals surface area contributed by atoms with Crippen LogP contribution >= 0.6 is 11.6 Å². The molecule has 1 unspecified atom stereocenters. The first-order chi connectivity index (χ1) is 7.02. The minimum absolute atomic E-state index is 0.0353. The number of hydrogen-bond donors (Lipinski definition) is 1. The van der Waals surface area contributed by atoms with Crippen molar-refractivity contribution in [2.45, 2.75) is 26.9 Å². The Bertz CT molecular complexity index is 332. The summed E-state index contributed by atoms with van der Waals surface area (Å²) in [6, 6.07) is 0.251. The van der Waals surface area contributed by atoms with Crippen LogP contribution in [0, 0.1) is 5.92 Å². The van der Waals surface area contributed by atoms with Gasteiger partial charge in [0, 0.05) is 7.05 Å². The lowest BCUT2D eigenvalue weighted by molar-refractivity contribution is 0.155. The van der Waals surface area contributed by atoms with E-state index < -0.39 is 0 Å². The van der Waals surface area contributed by atoms with Crippen molar-refractivity contribution in [3.63, 3.8) is 0 Å². The fraction of sp³-hybridized carbons (Fsp3) is 0.667. The lowest BCUT2D eigenvalue weighted by Crippen LogP contribution is -2.20. The van der Waals surface area contributed by atoms with E-state index in [1.807, 2.05) is 6.92 Å². The molecule has 1 N–H and O–H groups in total. The molecule has 0 aromatic carbocycles. The van der Waals surface area contributed by atoms with Crippen LogP contribution in [0.25, 0.3) is 0 Å². The summed E-state index contributed by atoms with van der Waals surface area (Å²) in [5.74, 6) is 0.791. The summed E-state index contributed by atoms with van der Waals surface area (Å²) in [6.07, 6.45) is 0.0353. The van der Waals surface area contributed by atoms with Gasteiger partial charge < -0.3 is 10.1 Å². The lowest BCUT2D eigenvalue weighted by Gasteiger charge is -2.16. The van der Waals surface area contributed by atoms with E-state index in [0.717, 1.165) is 0 Å². The van der Waals surface area contributed by atoms with Crippen molar-refractivity contribution in [2.75, 3.05) is 12.4 Å². The van der Waals surface area contributed by atoms with Gasteiger partial charge in [-0.1, -0.05) is 13.8 Å². The molecule has 0 saturated heterocycles. The fourth-order valence-corrected chi connectivity index (χ4v) is 0.951. The number of halogens is 1. The van der Waals surface area contributed by atoms with Crippen LogP contribution in [0.3, 0.4) is 0 Å². The van der Waals surface area contributed by atoms with Crippen LogP contribution in [0.2, 0.25) is 5.28 Å². The predicted octanol–water partition coefficient (Wildman–Crippen LogP) is 1.99. The third kappa shape index (κ3) is 3.51. The minimum Gasteiger partial charge on any atom is -0.460 e. The highest BCUT2D eigenvalue weighted by atomic mass is 35.5. The normalized spacial score (nSPS) is 12.7. The van der Waals surface area contributed by atoms with E-state index in [2.05, 4.69) is 34.1 Å². The van der Waals surface area contributed by atoms with Crippen LogP contribution in [-0.4, -0.2) is 28.1 Å². The van der Waals surface area contributed by atoms with E-state index in [9.17, 15) is 0 Å². The Morgan fingerprint density at radius 2 is 1.87 bits per heavy atom. The van der Waals surface area contributed by atoms with Gasteiger partial charge in [0.2, 0.25) is 11.2 Å². The summed E-state index contributed by atoms with van der Waals surface area (Å²) >= 11 is 5.71. The average Bonchev–Trinajstić information content (AvgIpc) is 2.16. The van der Waals surface area contributed by atoms with Crippen LogP contribution in [0.4, 0.5) is 5.95 Å². The van der Waals surface area contributed by atoms with Gasteiger partial charge in [0.1, 0.15) is 6.10 Å². The molecule has 1 rings (SSSR count). The SMILES string of the molecule is CNc1nc(Cl)nc(OC(C)C(C)C)n1. The first-order valence-electron chi connectivity index (χ1n) is 4.79. The Balaban J connectivity index is 2.80. The largest absolute Gasteiger partial charge is 0.460 e. The van der Waals surface area contributed by atoms with Gasteiger partial charge >= 0.3 is 6.01 Å². The number of hydrogen-bond acceptors (Lipinski definition) is 5. The maximum Gasteiger partial charge on any atom is 0.322 e. The third-order valence-electron chi connectivity index (χ3n) is 2.04. The molecule has 1 aromatic heterocycles. The molecule has 0 bridgehead atoms. The number of nitrogens with one attached hydrogen (secondary N) is 1. The minimum atomic E-state index is 0.0353. The summed E-state index contributed by atoms with van der Waals surface area (Å²) in [5.41, 5.74) is 0. The molecule has 6 heteroatoms. The molecule has 84 valence electrons. The Hall–Kier alpha value is -1.10. The molecule has 1 atom stereocenters. The number of anilines is 1. The van der Waals surface area contributed by atoms with Crippen molar-refractivity contribution >= 4 is 17.5 Å². The Labute approximate surface area is 94.2 Å². The van der Waals surface area contributed by atoms with E-state index in [1.165, 1.54) is 0 Å². The lowest BCUT2D eigenvalue weighted by atomic mass is 10.1. The number of ether oxygens (including phenoxy) is 1. The number of aromatic nitrogens is 3. The zero-order valence-corrected chi connectivity index (χ0v) is 10.0. The monoisotopic (exact) mass is 230 g/mol. The molecule has 5 nitrogen and oxygen atoms in total. The molecule has 0 aliphatic carbocycles. The van der Waals surface area contributed by atoms with E-state index in [-0.39, 0.29) is 17.4 Å². The highest BCUT2D eigenvalue weighted by Crippen LogP contribution is 2.14. The second-order valence-electron chi connectivity index (χ2n) is 3.53. The highest BCUT2D eigenvalue weighted by molar-refractivity contribution is 6.28. The quantitative estimate of drug-likeness (QED) is 0.857. The van der Waals surface area contributed by atoms with Crippen molar-refractivity contribution in [3.8, 4) is 6.01 Å². The van der Waals surface area contributed by atoms with E-state index in [4.69, 9.17) is 16.3 Å². The third-order valence-corrected chi connectivity index (χ3v) is 2.21. The van der Waals surface area contributed by atoms with Gasteiger partial charge in [0.05, 0.1) is 0 Å². The molecule has 1 aromatic rings. The molecule has 15 heavy (non-hydrogen) atoms. The Morgan fingerprint density at radius 1 is 1.20 bits per heavy atom. The maximum absolute atomic E-state index is 5.71. The van der Waals surface area contributed by atoms with Crippen LogP contribution in [0.1, 0.15) is 20.8 Å². The Morgan fingerprint density at radius 3 is 2.40 bits per heavy atom. The van der Waals surface area contributed by atoms with Gasteiger partial charge in [0.25, 0.3) is 0 Å². The summed E-state index contributed by atoms with van der Waals surface area (Å²) in [5, 5.41) is 2.91. The number of nitrogens with zero attached hydrogens (tertiary/aromatic N) is 3. The summed E-state index contributed by atoms with van der Waals surface area (Å²) in [7, 11) is 1.71. The topological polar surface area (TPSA) is 59.9 Å². The highest BCUT2D eigenvalue weighted by Gasteiger charge is 2.12. The molecule has 0 aliphatic rings. The van der Waals surface area contributed by atoms with Crippen molar-refractivity contribution in [1.82, 2.24) is 15.0 Å². The van der Waals surface area contributed by atoms with Crippen molar-refractivity contribution < 1.29 is 4.74 Å². The smallest absolute Gasteiger partial charge is 0.322 e. The molecule has 0 amide bonds. The molecule has 0 fully saturated rings. The molecular formula is C9H15ClN4O. The number of rotatable bonds is 4. The molecular weight excluding hydrogens is 216 g/mol. The van der Waals surface area contributed by atoms with Gasteiger partial charge in [-0.2, -0.15) is 15.0 Å². The van der Waals surface area contributed by atoms with Gasteiger partial charge in [-0.05, 0) is 24.4 Å². The van der Waals surface area contributed by atoms with Crippen molar-refractivity contribution in [3.05, 3.63) is 5.28 Å². The van der Waals surface area contributed by atoms with Crippen molar-refractivity contribution in [1.29, 1.82) is 0 Å². The van der Waals surface area contributed by atoms with Crippen LogP contribution in [0.5, 0.6) is 6.01 Å². The van der Waals surface area contributed by atoms with E-state index >= 15 is 0 Å². The van der Waals surface area contributed by atoms with Gasteiger partial charge in [-0.3, -0.25) is 0 Å². The summed E-state index contributed by atoms with van der Waals surface area (Å²) in [4.78, 5) is 11.8. The second-order valence-corrected chi connectivity index (χ2v) is 3.87. The standard InChI is InChI=1S/C9H15ClN4O/c1-5(2)6(3)15-9-13-7(10)12-8(11-4)14-9/h5-6H,1-4H3,(H,11,12,13,14). The molecule has 0 radical (unpaired) electrons. The first kappa shape index (κ1) is 12.0. The van der Waals surface area contributed by atoms with Crippen molar-refractivity contribution in [2.24, 2.45) is 5.92 Å². The molecule has 0 saturated carbocycles. The first-order valence-corrected chi connectivity index (χ1v) is 5.16. The van der Waals surface area contributed by atoms with E-state index in [0.29, 0.717) is 11.9 Å². The molecule has 0 aliphatic heterocycles. The van der Waals surface area contributed by atoms with Gasteiger partial charge in [-0.25, -0.2) is 0 Å². The molecule has 0 spiro atoms. The van der Waals surface area contributed by atoms with Gasteiger partial charge in [-0.15, -0.1) is 0 Å². The van der Waals surface area contributed by atoms with Crippen LogP contribution in [-0.2, 0) is 0 Å². The Kier molecular flexibility index (Phi) is 4.08. The maximum atomic E-state index is 5.71. The predicted molar refractivity (Wildman–Crippen MR) is 59.3 cm³/mol. The fourth-order valence-electron chi connectivity index (χ4n) is 0.799. The zero-order valence-electron chi connectivity index (χ0n) is 9.28. The van der Waals surface area contributed by atoms with Crippen LogP contribution in [0.15, 0.2) is 0 Å². The zero-order chi connectivity index (χ0) is 11.4. The summed E-state index contributed by atoms with van der Waals surface area (Å²) < 4.78 is 5.51.